The van der Waals surface area contributed by atoms with Crippen LogP contribution in [-0.2, 0) is 24.4 Å². The van der Waals surface area contributed by atoms with Crippen molar-refractivity contribution < 1.29 is 18.7 Å². The molecule has 0 aliphatic carbocycles. The molecule has 13 heteroatoms. The van der Waals surface area contributed by atoms with Gasteiger partial charge in [-0.3, -0.25) is 14.8 Å². The Morgan fingerprint density at radius 1 is 1.08 bits per heavy atom. The van der Waals surface area contributed by atoms with Gasteiger partial charge in [0.25, 0.3) is 5.91 Å². The third kappa shape index (κ3) is 6.75. The molecule has 3 aromatic carbocycles. The first-order chi connectivity index (χ1) is 23.9. The van der Waals surface area contributed by atoms with Crippen LogP contribution in [0.5, 0.6) is 5.88 Å². The van der Waals surface area contributed by atoms with Gasteiger partial charge in [-0.1, -0.05) is 35.0 Å². The molecule has 49 heavy (non-hydrogen) atoms. The van der Waals surface area contributed by atoms with Crippen LogP contribution in [0.25, 0.3) is 27.6 Å². The highest BCUT2D eigenvalue weighted by molar-refractivity contribution is 6.30. The molecule has 8 rings (SSSR count). The number of rotatable bonds is 10. The molecule has 0 bridgehead atoms. The Bertz CT molecular complexity index is 2210. The molecule has 0 saturated carbocycles. The molecule has 6 aromatic rings. The fourth-order valence-electron chi connectivity index (χ4n) is 6.15. The number of fused-ring (bicyclic) bond motifs is 2. The lowest BCUT2D eigenvalue weighted by Crippen LogP contribution is -2.33. The fourth-order valence-corrected chi connectivity index (χ4v) is 6.31. The maximum absolute atomic E-state index is 14.2. The summed E-state index contributed by atoms with van der Waals surface area (Å²) in [6.07, 6.45) is 4.15. The van der Waals surface area contributed by atoms with Crippen molar-refractivity contribution in [1.82, 2.24) is 34.8 Å². The van der Waals surface area contributed by atoms with Crippen LogP contribution in [0.4, 0.5) is 10.1 Å². The minimum atomic E-state index is -0.406. The summed E-state index contributed by atoms with van der Waals surface area (Å²) in [5, 5.41) is 14.0. The van der Waals surface area contributed by atoms with E-state index in [0.717, 1.165) is 66.2 Å². The summed E-state index contributed by atoms with van der Waals surface area (Å²) < 4.78 is 28.0. The number of carbonyl (C=O) groups excluding carboxylic acids is 1. The van der Waals surface area contributed by atoms with Crippen LogP contribution in [0.1, 0.15) is 40.3 Å². The third-order valence-electron chi connectivity index (χ3n) is 8.95. The van der Waals surface area contributed by atoms with E-state index in [9.17, 15) is 9.18 Å². The highest BCUT2D eigenvalue weighted by Crippen LogP contribution is 2.27. The van der Waals surface area contributed by atoms with Crippen molar-refractivity contribution in [1.29, 1.82) is 0 Å². The number of hydrogen-bond acceptors (Lipinski definition) is 8. The molecule has 0 unspecified atom stereocenters. The van der Waals surface area contributed by atoms with Gasteiger partial charge in [-0.25, -0.2) is 14.4 Å². The number of benzene rings is 3. The largest absolute Gasteiger partial charge is 0.473 e. The van der Waals surface area contributed by atoms with Gasteiger partial charge in [-0.15, -0.1) is 5.10 Å². The summed E-state index contributed by atoms with van der Waals surface area (Å²) in [5.41, 5.74) is 6.76. The zero-order valence-corrected chi connectivity index (χ0v) is 27.2. The molecule has 5 heterocycles. The number of amides is 1. The van der Waals surface area contributed by atoms with E-state index < -0.39 is 5.82 Å². The number of H-pyrrole nitrogens is 1. The lowest BCUT2D eigenvalue weighted by Gasteiger charge is -2.29. The third-order valence-corrected chi connectivity index (χ3v) is 9.19. The van der Waals surface area contributed by atoms with Crippen molar-refractivity contribution in [2.75, 3.05) is 25.0 Å². The van der Waals surface area contributed by atoms with Crippen LogP contribution < -0.4 is 10.1 Å². The normalized spacial score (nSPS) is 16.4. The maximum Gasteiger partial charge on any atom is 0.255 e. The van der Waals surface area contributed by atoms with E-state index in [1.165, 1.54) is 6.07 Å². The van der Waals surface area contributed by atoms with Crippen LogP contribution in [0.3, 0.4) is 0 Å². The van der Waals surface area contributed by atoms with Crippen molar-refractivity contribution in [3.05, 3.63) is 112 Å². The van der Waals surface area contributed by atoms with Gasteiger partial charge >= 0.3 is 0 Å². The van der Waals surface area contributed by atoms with Crippen LogP contribution in [-0.4, -0.2) is 66.6 Å². The number of halogens is 2. The van der Waals surface area contributed by atoms with E-state index in [2.05, 4.69) is 36.3 Å². The van der Waals surface area contributed by atoms with Crippen molar-refractivity contribution in [2.45, 2.75) is 38.6 Å². The number of carbonyl (C=O) groups is 1. The SMILES string of the molecule is O=C(Nc1ccc2[nH]nnc2c1)c1ccc2c(c1)nc(CN1CC=C(c3cccc(OCc4ccc(Cl)cc4F)n3)CC1)n2C[C@@H]1CCO1. The first-order valence-corrected chi connectivity index (χ1v) is 16.5. The average molecular weight is 679 g/mol. The van der Waals surface area contributed by atoms with Crippen molar-refractivity contribution in [3.8, 4) is 5.88 Å². The number of nitrogens with one attached hydrogen (secondary N) is 2. The molecular formula is C36H32ClFN8O3. The van der Waals surface area contributed by atoms with Crippen LogP contribution in [0, 0.1) is 5.82 Å². The van der Waals surface area contributed by atoms with Gasteiger partial charge in [0, 0.05) is 47.6 Å². The average Bonchev–Trinajstić information content (AvgIpc) is 3.70. The first-order valence-electron chi connectivity index (χ1n) is 16.1. The molecule has 1 fully saturated rings. The summed E-state index contributed by atoms with van der Waals surface area (Å²) in [5.74, 6) is 0.735. The number of anilines is 1. The molecule has 3 aromatic heterocycles. The molecule has 11 nitrogen and oxygen atoms in total. The van der Waals surface area contributed by atoms with Crippen LogP contribution >= 0.6 is 11.6 Å². The highest BCUT2D eigenvalue weighted by Gasteiger charge is 2.24. The van der Waals surface area contributed by atoms with E-state index >= 15 is 0 Å². The number of ether oxygens (including phenoxy) is 2. The number of hydrogen-bond donors (Lipinski definition) is 2. The Morgan fingerprint density at radius 2 is 2.00 bits per heavy atom. The molecule has 1 atom stereocenters. The fraction of sp³-hybridized carbons (Fsp3) is 0.250. The zero-order valence-electron chi connectivity index (χ0n) is 26.4. The lowest BCUT2D eigenvalue weighted by molar-refractivity contribution is -0.0591. The summed E-state index contributed by atoms with van der Waals surface area (Å²) in [6, 6.07) is 21.3. The van der Waals surface area contributed by atoms with E-state index in [-0.39, 0.29) is 18.6 Å². The standard InChI is InChI=1S/C36H32ClFN8O3/c37-25-6-4-24(28(38)17-25)21-49-35-3-1-2-29(41-35)22-10-13-45(14-11-22)20-34-40-32-16-23(5-9-33(32)46(34)19-27-12-15-48-27)36(47)39-26-7-8-30-31(18-26)43-44-42-30/h1-10,16-18,27H,11-15,19-21H2,(H,39,47)(H,42,43,44)/t27-/m0/s1. The summed E-state index contributed by atoms with van der Waals surface area (Å²) >= 11 is 5.87. The molecule has 1 saturated heterocycles. The van der Waals surface area contributed by atoms with Crippen molar-refractivity contribution >= 4 is 50.8 Å². The minimum absolute atomic E-state index is 0.0609. The Hall–Kier alpha value is -5.17. The van der Waals surface area contributed by atoms with E-state index in [1.807, 2.05) is 42.5 Å². The Labute approximate surface area is 285 Å². The van der Waals surface area contributed by atoms with E-state index in [0.29, 0.717) is 46.3 Å². The number of imidazole rings is 1. The zero-order chi connectivity index (χ0) is 33.3. The smallest absolute Gasteiger partial charge is 0.255 e. The summed E-state index contributed by atoms with van der Waals surface area (Å²) in [6.45, 7) is 3.74. The van der Waals surface area contributed by atoms with Gasteiger partial charge < -0.3 is 19.4 Å². The predicted molar refractivity (Wildman–Crippen MR) is 184 cm³/mol. The number of nitrogens with zero attached hydrogens (tertiary/aromatic N) is 6. The van der Waals surface area contributed by atoms with Gasteiger partial charge in [0.15, 0.2) is 0 Å². The monoisotopic (exact) mass is 678 g/mol. The van der Waals surface area contributed by atoms with Crippen molar-refractivity contribution in [2.24, 2.45) is 0 Å². The number of pyridine rings is 1. The molecule has 2 N–H and O–H groups in total. The Morgan fingerprint density at radius 3 is 2.82 bits per heavy atom. The quantitative estimate of drug-likeness (QED) is 0.171. The topological polar surface area (TPSA) is 123 Å². The van der Waals surface area contributed by atoms with Gasteiger partial charge in [0.05, 0.1) is 41.4 Å². The summed E-state index contributed by atoms with van der Waals surface area (Å²) in [7, 11) is 0. The second kappa shape index (κ2) is 13.4. The lowest BCUT2D eigenvalue weighted by atomic mass is 10.0. The molecular weight excluding hydrogens is 647 g/mol. The van der Waals surface area contributed by atoms with Gasteiger partial charge in [-0.05, 0) is 73.0 Å². The minimum Gasteiger partial charge on any atom is -0.473 e. The molecule has 0 radical (unpaired) electrons. The Kier molecular flexibility index (Phi) is 8.50. The van der Waals surface area contributed by atoms with Crippen LogP contribution in [0.2, 0.25) is 5.02 Å². The molecule has 248 valence electrons. The van der Waals surface area contributed by atoms with Gasteiger partial charge in [-0.2, -0.15) is 0 Å². The van der Waals surface area contributed by atoms with Crippen LogP contribution in [0.15, 0.2) is 78.9 Å². The number of aromatic amines is 1. The molecule has 1 amide bonds. The number of aromatic nitrogens is 6. The first kappa shape index (κ1) is 31.1. The molecule has 2 aliphatic rings. The molecule has 2 aliphatic heterocycles. The van der Waals surface area contributed by atoms with E-state index in [4.69, 9.17) is 31.0 Å². The van der Waals surface area contributed by atoms with Gasteiger partial charge in [0.2, 0.25) is 5.88 Å². The maximum atomic E-state index is 14.2. The predicted octanol–water partition coefficient (Wildman–Crippen LogP) is 6.40. The highest BCUT2D eigenvalue weighted by atomic mass is 35.5. The Balaban J connectivity index is 0.963. The van der Waals surface area contributed by atoms with E-state index in [1.54, 1.807) is 24.3 Å². The summed E-state index contributed by atoms with van der Waals surface area (Å²) in [4.78, 5) is 25.3. The van der Waals surface area contributed by atoms with Gasteiger partial charge in [0.1, 0.15) is 23.8 Å². The second-order valence-electron chi connectivity index (χ2n) is 12.2. The molecule has 0 spiro atoms. The van der Waals surface area contributed by atoms with Crippen molar-refractivity contribution in [3.63, 3.8) is 0 Å². The second-order valence-corrected chi connectivity index (χ2v) is 12.7.